The zero-order valence-electron chi connectivity index (χ0n) is 10.8. The van der Waals surface area contributed by atoms with Crippen LogP contribution in [-0.4, -0.2) is 28.7 Å². The van der Waals surface area contributed by atoms with Gasteiger partial charge in [0.1, 0.15) is 11.7 Å². The maximum absolute atomic E-state index is 12.1. The first-order valence-corrected chi connectivity index (χ1v) is 6.07. The first kappa shape index (κ1) is 14.4. The highest BCUT2D eigenvalue weighted by atomic mass is 16.6. The van der Waals surface area contributed by atoms with Crippen LogP contribution < -0.4 is 16.4 Å². The number of nitro groups is 1. The molecule has 9 heteroatoms. The summed E-state index contributed by atoms with van der Waals surface area (Å²) in [5, 5.41) is 15.3. The standard InChI is InChI=1S/C12H12N4O5/c13-10-6(2-1-3-8(10)16(20)21)11(18)14-7-4-5-9(17)15-12(7)19/h1-3,7H,4-5,13H2,(H,14,18)(H,15,17,19). The molecule has 1 heterocycles. The van der Waals surface area contributed by atoms with E-state index in [2.05, 4.69) is 10.6 Å². The van der Waals surface area contributed by atoms with Crippen molar-refractivity contribution in [1.29, 1.82) is 0 Å². The molecule has 1 fully saturated rings. The van der Waals surface area contributed by atoms with Crippen molar-refractivity contribution in [3.8, 4) is 0 Å². The number of hydrogen-bond donors (Lipinski definition) is 3. The van der Waals surface area contributed by atoms with Crippen molar-refractivity contribution in [3.05, 3.63) is 33.9 Å². The van der Waals surface area contributed by atoms with E-state index >= 15 is 0 Å². The number of nitro benzene ring substituents is 1. The number of amides is 3. The molecule has 9 nitrogen and oxygen atoms in total. The van der Waals surface area contributed by atoms with Crippen LogP contribution in [0.4, 0.5) is 11.4 Å². The molecule has 2 rings (SSSR count). The highest BCUT2D eigenvalue weighted by Gasteiger charge is 2.29. The molecule has 0 radical (unpaired) electrons. The van der Waals surface area contributed by atoms with Crippen LogP contribution in [0.25, 0.3) is 0 Å². The molecule has 1 saturated heterocycles. The van der Waals surface area contributed by atoms with Gasteiger partial charge in [-0.1, -0.05) is 6.07 Å². The number of carbonyl (C=O) groups is 3. The average molecular weight is 292 g/mol. The van der Waals surface area contributed by atoms with Gasteiger partial charge in [-0.3, -0.25) is 29.8 Å². The number of piperidine rings is 1. The van der Waals surface area contributed by atoms with E-state index in [0.717, 1.165) is 0 Å². The molecule has 1 aromatic carbocycles. The SMILES string of the molecule is Nc1c(C(=O)NC2CCC(=O)NC2=O)cccc1[N+](=O)[O-]. The Morgan fingerprint density at radius 2 is 2.14 bits per heavy atom. The van der Waals surface area contributed by atoms with Gasteiger partial charge in [-0.2, -0.15) is 0 Å². The number of carbonyl (C=O) groups excluding carboxylic acids is 3. The zero-order valence-corrected chi connectivity index (χ0v) is 10.8. The molecule has 3 amide bonds. The van der Waals surface area contributed by atoms with Gasteiger partial charge in [0.2, 0.25) is 11.8 Å². The van der Waals surface area contributed by atoms with Crippen molar-refractivity contribution in [2.45, 2.75) is 18.9 Å². The van der Waals surface area contributed by atoms with Crippen LogP contribution >= 0.6 is 0 Å². The van der Waals surface area contributed by atoms with Crippen LogP contribution in [0, 0.1) is 10.1 Å². The molecule has 1 aromatic rings. The van der Waals surface area contributed by atoms with Gasteiger partial charge in [-0.05, 0) is 12.5 Å². The maximum Gasteiger partial charge on any atom is 0.292 e. The van der Waals surface area contributed by atoms with E-state index in [4.69, 9.17) is 5.73 Å². The summed E-state index contributed by atoms with van der Waals surface area (Å²) in [7, 11) is 0. The highest BCUT2D eigenvalue weighted by Crippen LogP contribution is 2.24. The molecular weight excluding hydrogens is 280 g/mol. The Bertz CT molecular complexity index is 643. The third kappa shape index (κ3) is 2.96. The fourth-order valence-corrected chi connectivity index (χ4v) is 1.98. The van der Waals surface area contributed by atoms with Crippen molar-refractivity contribution >= 4 is 29.1 Å². The van der Waals surface area contributed by atoms with E-state index in [1.54, 1.807) is 0 Å². The van der Waals surface area contributed by atoms with Crippen LogP contribution in [0.15, 0.2) is 18.2 Å². The van der Waals surface area contributed by atoms with Gasteiger partial charge in [0.15, 0.2) is 0 Å². The number of imide groups is 1. The van der Waals surface area contributed by atoms with Crippen LogP contribution in [0.2, 0.25) is 0 Å². The van der Waals surface area contributed by atoms with Crippen molar-refractivity contribution in [2.75, 3.05) is 5.73 Å². The smallest absolute Gasteiger partial charge is 0.292 e. The molecule has 1 unspecified atom stereocenters. The first-order chi connectivity index (χ1) is 9.90. The molecular formula is C12H12N4O5. The molecule has 4 N–H and O–H groups in total. The predicted octanol–water partition coefficient (Wildman–Crippen LogP) is -0.288. The molecule has 0 bridgehead atoms. The Kier molecular flexibility index (Phi) is 3.83. The Hall–Kier alpha value is -2.97. The van der Waals surface area contributed by atoms with Crippen LogP contribution in [0.3, 0.4) is 0 Å². The number of benzene rings is 1. The predicted molar refractivity (Wildman–Crippen MR) is 71.1 cm³/mol. The van der Waals surface area contributed by atoms with Gasteiger partial charge in [-0.25, -0.2) is 0 Å². The minimum absolute atomic E-state index is 0.0890. The molecule has 1 aliphatic rings. The molecule has 1 aliphatic heterocycles. The van der Waals surface area contributed by atoms with E-state index in [1.165, 1.54) is 18.2 Å². The summed E-state index contributed by atoms with van der Waals surface area (Å²) >= 11 is 0. The molecule has 0 aromatic heterocycles. The summed E-state index contributed by atoms with van der Waals surface area (Å²) in [6.07, 6.45) is 0.284. The number of nitrogen functional groups attached to an aromatic ring is 1. The van der Waals surface area contributed by atoms with E-state index in [0.29, 0.717) is 0 Å². The van der Waals surface area contributed by atoms with Crippen molar-refractivity contribution in [3.63, 3.8) is 0 Å². The second-order valence-corrected chi connectivity index (χ2v) is 4.47. The van der Waals surface area contributed by atoms with Crippen LogP contribution in [0.1, 0.15) is 23.2 Å². The van der Waals surface area contributed by atoms with Gasteiger partial charge >= 0.3 is 0 Å². The fourth-order valence-electron chi connectivity index (χ4n) is 1.98. The highest BCUT2D eigenvalue weighted by molar-refractivity contribution is 6.06. The number of nitrogens with zero attached hydrogens (tertiary/aromatic N) is 1. The van der Waals surface area contributed by atoms with Gasteiger partial charge in [0.25, 0.3) is 11.6 Å². The normalized spacial score (nSPS) is 18.0. The Labute approximate surface area is 118 Å². The van der Waals surface area contributed by atoms with Gasteiger partial charge in [0.05, 0.1) is 10.5 Å². The summed E-state index contributed by atoms with van der Waals surface area (Å²) in [6, 6.07) is 2.96. The van der Waals surface area contributed by atoms with Gasteiger partial charge < -0.3 is 11.1 Å². The van der Waals surface area contributed by atoms with E-state index in [9.17, 15) is 24.5 Å². The lowest BCUT2D eigenvalue weighted by atomic mass is 10.0. The van der Waals surface area contributed by atoms with Crippen molar-refractivity contribution in [2.24, 2.45) is 0 Å². The third-order valence-electron chi connectivity index (χ3n) is 3.07. The number of nitrogens with two attached hydrogens (primary N) is 1. The molecule has 0 saturated carbocycles. The van der Waals surface area contributed by atoms with Crippen molar-refractivity contribution < 1.29 is 19.3 Å². The third-order valence-corrected chi connectivity index (χ3v) is 3.07. The topological polar surface area (TPSA) is 144 Å². The van der Waals surface area contributed by atoms with Crippen LogP contribution in [0.5, 0.6) is 0 Å². The van der Waals surface area contributed by atoms with E-state index in [-0.39, 0.29) is 29.8 Å². The largest absolute Gasteiger partial charge is 0.393 e. The van der Waals surface area contributed by atoms with E-state index in [1.807, 2.05) is 0 Å². The van der Waals surface area contributed by atoms with Crippen LogP contribution in [-0.2, 0) is 9.59 Å². The first-order valence-electron chi connectivity index (χ1n) is 6.07. The van der Waals surface area contributed by atoms with E-state index < -0.39 is 28.7 Å². The van der Waals surface area contributed by atoms with Gasteiger partial charge in [-0.15, -0.1) is 0 Å². The Morgan fingerprint density at radius 1 is 1.43 bits per heavy atom. The molecule has 21 heavy (non-hydrogen) atoms. The second kappa shape index (κ2) is 5.57. The summed E-state index contributed by atoms with van der Waals surface area (Å²) in [6.45, 7) is 0. The lowest BCUT2D eigenvalue weighted by molar-refractivity contribution is -0.383. The average Bonchev–Trinajstić information content (AvgIpc) is 2.41. The van der Waals surface area contributed by atoms with Gasteiger partial charge in [0, 0.05) is 12.5 Å². The molecule has 1 atom stereocenters. The Balaban J connectivity index is 2.18. The number of hydrogen-bond acceptors (Lipinski definition) is 6. The monoisotopic (exact) mass is 292 g/mol. The quantitative estimate of drug-likeness (QED) is 0.302. The lowest BCUT2D eigenvalue weighted by Crippen LogP contribution is -2.52. The minimum atomic E-state index is -0.867. The number of anilines is 1. The number of nitrogens with one attached hydrogen (secondary N) is 2. The molecule has 0 aliphatic carbocycles. The fraction of sp³-hybridized carbons (Fsp3) is 0.250. The second-order valence-electron chi connectivity index (χ2n) is 4.47. The zero-order chi connectivity index (χ0) is 15.6. The lowest BCUT2D eigenvalue weighted by Gasteiger charge is -2.22. The summed E-state index contributed by atoms with van der Waals surface area (Å²) in [5.74, 6) is -1.71. The summed E-state index contributed by atoms with van der Waals surface area (Å²) in [4.78, 5) is 44.7. The minimum Gasteiger partial charge on any atom is -0.393 e. The van der Waals surface area contributed by atoms with Crippen molar-refractivity contribution in [1.82, 2.24) is 10.6 Å². The number of rotatable bonds is 3. The summed E-state index contributed by atoms with van der Waals surface area (Å²) in [5.41, 5.74) is 4.85. The Morgan fingerprint density at radius 3 is 2.76 bits per heavy atom. The number of para-hydroxylation sites is 1. The molecule has 110 valence electrons. The summed E-state index contributed by atoms with van der Waals surface area (Å²) < 4.78 is 0. The maximum atomic E-state index is 12.1. The molecule has 0 spiro atoms.